The van der Waals surface area contributed by atoms with Gasteiger partial charge in [0.25, 0.3) is 0 Å². The second kappa shape index (κ2) is 5.53. The highest BCUT2D eigenvalue weighted by Crippen LogP contribution is 2.29. The molecule has 1 heterocycles. The van der Waals surface area contributed by atoms with Crippen LogP contribution in [0.25, 0.3) is 0 Å². The first kappa shape index (κ1) is 11.8. The zero-order chi connectivity index (χ0) is 10.6. The molecule has 0 atom stereocenters. The average Bonchev–Trinajstić information content (AvgIpc) is 2.56. The Morgan fingerprint density at radius 3 is 2.64 bits per heavy atom. The highest BCUT2D eigenvalue weighted by Gasteiger charge is 2.12. The van der Waals surface area contributed by atoms with Crippen LogP contribution in [0.1, 0.15) is 25.1 Å². The molecule has 0 saturated carbocycles. The van der Waals surface area contributed by atoms with Crippen LogP contribution in [0.15, 0.2) is 0 Å². The molecule has 14 heavy (non-hydrogen) atoms. The maximum atomic E-state index is 8.98. The molecule has 0 aliphatic rings. The van der Waals surface area contributed by atoms with Crippen molar-refractivity contribution in [1.29, 1.82) is 0 Å². The van der Waals surface area contributed by atoms with Crippen molar-refractivity contribution in [2.75, 3.05) is 18.0 Å². The van der Waals surface area contributed by atoms with E-state index in [2.05, 4.69) is 23.7 Å². The largest absolute Gasteiger partial charge is 0.391 e. The van der Waals surface area contributed by atoms with Gasteiger partial charge in [-0.2, -0.15) is 0 Å². The van der Waals surface area contributed by atoms with Gasteiger partial charge < -0.3 is 10.0 Å². The van der Waals surface area contributed by atoms with Crippen LogP contribution >= 0.6 is 22.9 Å². The summed E-state index contributed by atoms with van der Waals surface area (Å²) in [6.45, 7) is 6.09. The summed E-state index contributed by atoms with van der Waals surface area (Å²) in [4.78, 5) is 7.13. The zero-order valence-electron chi connectivity index (χ0n) is 8.46. The Kier molecular flexibility index (Phi) is 4.65. The number of aliphatic hydroxyl groups excluding tert-OH is 1. The van der Waals surface area contributed by atoms with E-state index in [0.29, 0.717) is 5.15 Å². The normalized spacial score (nSPS) is 10.6. The van der Waals surface area contributed by atoms with Crippen LogP contribution in [-0.2, 0) is 6.61 Å². The first-order valence-corrected chi connectivity index (χ1v) is 5.93. The van der Waals surface area contributed by atoms with Crippen molar-refractivity contribution < 1.29 is 5.11 Å². The van der Waals surface area contributed by atoms with Gasteiger partial charge in [0.15, 0.2) is 5.13 Å². The summed E-state index contributed by atoms with van der Waals surface area (Å²) in [5.41, 5.74) is 0. The molecule has 1 N–H and O–H groups in total. The number of hydrogen-bond donors (Lipinski definition) is 1. The fraction of sp³-hybridized carbons (Fsp3) is 0.667. The van der Waals surface area contributed by atoms with Gasteiger partial charge in [0.05, 0.1) is 11.5 Å². The van der Waals surface area contributed by atoms with E-state index in [9.17, 15) is 0 Å². The maximum Gasteiger partial charge on any atom is 0.187 e. The smallest absolute Gasteiger partial charge is 0.187 e. The minimum Gasteiger partial charge on any atom is -0.391 e. The van der Waals surface area contributed by atoms with Gasteiger partial charge in [-0.3, -0.25) is 0 Å². The number of halogens is 1. The number of rotatable bonds is 5. The van der Waals surface area contributed by atoms with Crippen molar-refractivity contribution >= 4 is 28.1 Å². The minimum atomic E-state index is -0.0276. The standard InChI is InChI=1S/C9H15ClN2OS/c1-3-5-12(4-2)9-11-8(10)7(6-13)14-9/h13H,3-6H2,1-2H3. The summed E-state index contributed by atoms with van der Waals surface area (Å²) in [5, 5.41) is 10.3. The molecule has 0 saturated heterocycles. The molecule has 0 unspecified atom stereocenters. The molecule has 0 amide bonds. The number of aromatic nitrogens is 1. The second-order valence-electron chi connectivity index (χ2n) is 2.95. The van der Waals surface area contributed by atoms with Crippen LogP contribution in [-0.4, -0.2) is 23.2 Å². The second-order valence-corrected chi connectivity index (χ2v) is 4.37. The molecule has 0 fully saturated rings. The molecule has 1 aromatic rings. The summed E-state index contributed by atoms with van der Waals surface area (Å²) < 4.78 is 0. The average molecular weight is 235 g/mol. The van der Waals surface area contributed by atoms with Crippen molar-refractivity contribution in [2.45, 2.75) is 26.9 Å². The Bertz CT molecular complexity index is 290. The molecule has 0 radical (unpaired) electrons. The van der Waals surface area contributed by atoms with Crippen LogP contribution in [0.4, 0.5) is 5.13 Å². The van der Waals surface area contributed by atoms with E-state index in [1.807, 2.05) is 0 Å². The SMILES string of the molecule is CCCN(CC)c1nc(Cl)c(CO)s1. The molecule has 0 aliphatic carbocycles. The predicted octanol–water partition coefficient (Wildman–Crippen LogP) is 2.53. The number of nitrogens with zero attached hydrogens (tertiary/aromatic N) is 2. The van der Waals surface area contributed by atoms with Gasteiger partial charge in [0.1, 0.15) is 5.15 Å². The van der Waals surface area contributed by atoms with E-state index in [4.69, 9.17) is 16.7 Å². The molecule has 0 spiro atoms. The van der Waals surface area contributed by atoms with E-state index in [1.54, 1.807) is 0 Å². The molecule has 0 aromatic carbocycles. The lowest BCUT2D eigenvalue weighted by atomic mass is 10.4. The van der Waals surface area contributed by atoms with Crippen LogP contribution in [0.3, 0.4) is 0 Å². The van der Waals surface area contributed by atoms with E-state index in [0.717, 1.165) is 29.5 Å². The third kappa shape index (κ3) is 2.59. The lowest BCUT2D eigenvalue weighted by Gasteiger charge is -2.18. The summed E-state index contributed by atoms with van der Waals surface area (Å²) in [5.74, 6) is 0. The molecule has 5 heteroatoms. The zero-order valence-corrected chi connectivity index (χ0v) is 10.0. The molecule has 1 rings (SSSR count). The summed E-state index contributed by atoms with van der Waals surface area (Å²) in [7, 11) is 0. The Balaban J connectivity index is 2.82. The third-order valence-corrected chi connectivity index (χ3v) is 3.45. The molecule has 0 aliphatic heterocycles. The maximum absolute atomic E-state index is 8.98. The van der Waals surface area contributed by atoms with Gasteiger partial charge >= 0.3 is 0 Å². The highest BCUT2D eigenvalue weighted by molar-refractivity contribution is 7.16. The van der Waals surface area contributed by atoms with Crippen LogP contribution in [0.5, 0.6) is 0 Å². The fourth-order valence-electron chi connectivity index (χ4n) is 1.21. The van der Waals surface area contributed by atoms with Crippen molar-refractivity contribution in [3.8, 4) is 0 Å². The van der Waals surface area contributed by atoms with Crippen molar-refractivity contribution in [2.24, 2.45) is 0 Å². The summed E-state index contributed by atoms with van der Waals surface area (Å²) in [6.07, 6.45) is 1.08. The third-order valence-electron chi connectivity index (χ3n) is 1.93. The molecule has 0 bridgehead atoms. The van der Waals surface area contributed by atoms with Crippen LogP contribution < -0.4 is 4.90 Å². The molecule has 80 valence electrons. The number of aliphatic hydroxyl groups is 1. The van der Waals surface area contributed by atoms with Gasteiger partial charge in [-0.05, 0) is 13.3 Å². The van der Waals surface area contributed by atoms with Crippen molar-refractivity contribution in [3.63, 3.8) is 0 Å². The van der Waals surface area contributed by atoms with Crippen LogP contribution in [0.2, 0.25) is 5.15 Å². The monoisotopic (exact) mass is 234 g/mol. The first-order chi connectivity index (χ1) is 6.72. The van der Waals surface area contributed by atoms with Gasteiger partial charge in [-0.1, -0.05) is 29.9 Å². The quantitative estimate of drug-likeness (QED) is 0.851. The molecule has 3 nitrogen and oxygen atoms in total. The van der Waals surface area contributed by atoms with E-state index in [1.165, 1.54) is 11.3 Å². The molecular weight excluding hydrogens is 220 g/mol. The Morgan fingerprint density at radius 2 is 2.21 bits per heavy atom. The topological polar surface area (TPSA) is 36.4 Å². The Morgan fingerprint density at radius 1 is 1.50 bits per heavy atom. The minimum absolute atomic E-state index is 0.0276. The van der Waals surface area contributed by atoms with Gasteiger partial charge in [-0.15, -0.1) is 0 Å². The van der Waals surface area contributed by atoms with Crippen molar-refractivity contribution in [3.05, 3.63) is 10.0 Å². The van der Waals surface area contributed by atoms with Gasteiger partial charge in [-0.25, -0.2) is 4.98 Å². The predicted molar refractivity (Wildman–Crippen MR) is 61.2 cm³/mol. The van der Waals surface area contributed by atoms with Crippen LogP contribution in [0, 0.1) is 0 Å². The summed E-state index contributed by atoms with van der Waals surface area (Å²) in [6, 6.07) is 0. The Hall–Kier alpha value is -0.320. The molecule has 1 aromatic heterocycles. The van der Waals surface area contributed by atoms with E-state index in [-0.39, 0.29) is 6.61 Å². The van der Waals surface area contributed by atoms with Crippen molar-refractivity contribution in [1.82, 2.24) is 4.98 Å². The molecular formula is C9H15ClN2OS. The van der Waals surface area contributed by atoms with E-state index >= 15 is 0 Å². The number of hydrogen-bond acceptors (Lipinski definition) is 4. The lowest BCUT2D eigenvalue weighted by molar-refractivity contribution is 0.285. The first-order valence-electron chi connectivity index (χ1n) is 4.73. The Labute approximate surface area is 93.3 Å². The fourth-order valence-corrected chi connectivity index (χ4v) is 2.42. The lowest BCUT2D eigenvalue weighted by Crippen LogP contribution is -2.22. The number of anilines is 1. The highest BCUT2D eigenvalue weighted by atomic mass is 35.5. The number of thiazole rings is 1. The van der Waals surface area contributed by atoms with E-state index < -0.39 is 0 Å². The summed E-state index contributed by atoms with van der Waals surface area (Å²) >= 11 is 7.32. The van der Waals surface area contributed by atoms with Gasteiger partial charge in [0.2, 0.25) is 0 Å². The van der Waals surface area contributed by atoms with Gasteiger partial charge in [0, 0.05) is 13.1 Å².